The standard InChI is InChI=1S/C29H21FN4O3S2/c1-16-14-23(35)34(29(16)36)33-27-24-17(2)25(39-28(24)32-26(31-27)22-4-3-13-38-22)19-7-11-21(12-8-19)37-15-18-5-9-20(30)10-6-18/h3-14H,15H2,1-2H3,(H,31,32,33). The summed E-state index contributed by atoms with van der Waals surface area (Å²) in [5.74, 6) is 0.476. The molecule has 0 spiro atoms. The van der Waals surface area contributed by atoms with Crippen LogP contribution < -0.4 is 10.2 Å². The lowest BCUT2D eigenvalue weighted by molar-refractivity contribution is -0.135. The van der Waals surface area contributed by atoms with Crippen molar-refractivity contribution in [1.29, 1.82) is 0 Å². The van der Waals surface area contributed by atoms with E-state index in [0.29, 0.717) is 29.6 Å². The zero-order chi connectivity index (χ0) is 27.1. The number of nitrogens with zero attached hydrogens (tertiary/aromatic N) is 3. The van der Waals surface area contributed by atoms with Crippen molar-refractivity contribution in [2.45, 2.75) is 20.5 Å². The first kappa shape index (κ1) is 24.9. The van der Waals surface area contributed by atoms with Crippen LogP contribution in [0.1, 0.15) is 18.1 Å². The van der Waals surface area contributed by atoms with E-state index in [4.69, 9.17) is 14.7 Å². The molecule has 0 unspecified atom stereocenters. The van der Waals surface area contributed by atoms with Gasteiger partial charge in [-0.3, -0.25) is 15.0 Å². The fraction of sp³-hybridized carbons (Fsp3) is 0.103. The second-order valence-electron chi connectivity index (χ2n) is 8.97. The number of benzene rings is 2. The number of fused-ring (bicyclic) bond motifs is 1. The summed E-state index contributed by atoms with van der Waals surface area (Å²) >= 11 is 3.03. The molecule has 4 heterocycles. The number of amides is 2. The highest BCUT2D eigenvalue weighted by Gasteiger charge is 2.30. The molecule has 1 aliphatic heterocycles. The van der Waals surface area contributed by atoms with Crippen molar-refractivity contribution in [3.63, 3.8) is 0 Å². The van der Waals surface area contributed by atoms with E-state index >= 15 is 0 Å². The van der Waals surface area contributed by atoms with Gasteiger partial charge in [0, 0.05) is 16.5 Å². The van der Waals surface area contributed by atoms with Crippen LogP contribution in [-0.2, 0) is 16.2 Å². The molecule has 2 amide bonds. The van der Waals surface area contributed by atoms with E-state index in [1.807, 2.05) is 48.7 Å². The molecule has 39 heavy (non-hydrogen) atoms. The number of aryl methyl sites for hydroxylation is 1. The highest BCUT2D eigenvalue weighted by molar-refractivity contribution is 7.22. The largest absolute Gasteiger partial charge is 0.489 e. The van der Waals surface area contributed by atoms with Gasteiger partial charge in [0.25, 0.3) is 11.8 Å². The lowest BCUT2D eigenvalue weighted by atomic mass is 10.1. The second kappa shape index (κ2) is 10.0. The number of rotatable bonds is 7. The Hall–Kier alpha value is -4.41. The smallest absolute Gasteiger partial charge is 0.275 e. The third kappa shape index (κ3) is 4.80. The minimum Gasteiger partial charge on any atom is -0.489 e. The van der Waals surface area contributed by atoms with Gasteiger partial charge in [-0.15, -0.1) is 22.7 Å². The number of halogens is 1. The average molecular weight is 557 g/mol. The Kier molecular flexibility index (Phi) is 6.41. The van der Waals surface area contributed by atoms with Crippen LogP contribution >= 0.6 is 22.7 Å². The third-order valence-corrected chi connectivity index (χ3v) is 8.39. The van der Waals surface area contributed by atoms with E-state index in [-0.39, 0.29) is 5.82 Å². The number of nitrogens with one attached hydrogen (secondary N) is 1. The summed E-state index contributed by atoms with van der Waals surface area (Å²) < 4.78 is 19.0. The minimum absolute atomic E-state index is 0.280. The third-order valence-electron chi connectivity index (χ3n) is 6.29. The van der Waals surface area contributed by atoms with Crippen LogP contribution in [0.2, 0.25) is 0 Å². The lowest BCUT2D eigenvalue weighted by Crippen LogP contribution is -2.36. The van der Waals surface area contributed by atoms with Gasteiger partial charge >= 0.3 is 0 Å². The first-order valence-corrected chi connectivity index (χ1v) is 13.7. The molecule has 0 bridgehead atoms. The maximum atomic E-state index is 13.1. The Morgan fingerprint density at radius 1 is 1.00 bits per heavy atom. The topological polar surface area (TPSA) is 84.4 Å². The molecule has 0 fully saturated rings. The normalized spacial score (nSPS) is 13.3. The fourth-order valence-corrected chi connectivity index (χ4v) is 6.10. The number of thiophene rings is 2. The molecular weight excluding hydrogens is 535 g/mol. The summed E-state index contributed by atoms with van der Waals surface area (Å²) in [6.45, 7) is 3.92. The van der Waals surface area contributed by atoms with E-state index < -0.39 is 11.8 Å². The Morgan fingerprint density at radius 3 is 2.44 bits per heavy atom. The first-order chi connectivity index (χ1) is 18.9. The summed E-state index contributed by atoms with van der Waals surface area (Å²) in [6.07, 6.45) is 1.31. The Labute approximate surface area is 231 Å². The van der Waals surface area contributed by atoms with Crippen molar-refractivity contribution >= 4 is 50.5 Å². The van der Waals surface area contributed by atoms with E-state index in [1.165, 1.54) is 40.9 Å². The lowest BCUT2D eigenvalue weighted by Gasteiger charge is -2.17. The van der Waals surface area contributed by atoms with Crippen LogP contribution in [0.25, 0.3) is 31.4 Å². The van der Waals surface area contributed by atoms with Crippen molar-refractivity contribution in [2.24, 2.45) is 0 Å². The molecule has 0 atom stereocenters. The maximum Gasteiger partial charge on any atom is 0.275 e. The number of carbonyl (C=O) groups excluding carboxylic acids is 2. The monoisotopic (exact) mass is 556 g/mol. The number of hydrogen-bond donors (Lipinski definition) is 1. The molecule has 3 aromatic heterocycles. The van der Waals surface area contributed by atoms with Gasteiger partial charge in [-0.2, -0.15) is 5.01 Å². The van der Waals surface area contributed by atoms with E-state index in [0.717, 1.165) is 41.7 Å². The van der Waals surface area contributed by atoms with Gasteiger partial charge in [-0.25, -0.2) is 14.4 Å². The van der Waals surface area contributed by atoms with Crippen LogP contribution in [0.3, 0.4) is 0 Å². The number of ether oxygens (including phenoxy) is 1. The quantitative estimate of drug-likeness (QED) is 0.223. The molecule has 10 heteroatoms. The molecule has 0 radical (unpaired) electrons. The zero-order valence-corrected chi connectivity index (χ0v) is 22.5. The molecule has 6 rings (SSSR count). The van der Waals surface area contributed by atoms with Gasteiger partial charge in [-0.05, 0) is 78.4 Å². The summed E-state index contributed by atoms with van der Waals surface area (Å²) in [5, 5.41) is 3.68. The fourth-order valence-electron chi connectivity index (χ4n) is 4.26. The molecule has 1 aliphatic rings. The number of aromatic nitrogens is 2. The summed E-state index contributed by atoms with van der Waals surface area (Å²) in [7, 11) is 0. The second-order valence-corrected chi connectivity index (χ2v) is 10.9. The van der Waals surface area contributed by atoms with Gasteiger partial charge in [0.05, 0.1) is 10.3 Å². The van der Waals surface area contributed by atoms with Crippen molar-refractivity contribution in [3.05, 3.63) is 94.6 Å². The number of hydrogen-bond acceptors (Lipinski definition) is 8. The molecule has 7 nitrogen and oxygen atoms in total. The highest BCUT2D eigenvalue weighted by Crippen LogP contribution is 2.42. The molecule has 0 saturated carbocycles. The van der Waals surface area contributed by atoms with E-state index in [1.54, 1.807) is 19.1 Å². The maximum absolute atomic E-state index is 13.1. The number of anilines is 1. The number of carbonyl (C=O) groups is 2. The van der Waals surface area contributed by atoms with Gasteiger partial charge in [0.2, 0.25) is 0 Å². The molecular formula is C29H21FN4O3S2. The predicted molar refractivity (Wildman–Crippen MR) is 151 cm³/mol. The van der Waals surface area contributed by atoms with Crippen molar-refractivity contribution in [1.82, 2.24) is 15.0 Å². The molecule has 5 aromatic rings. The number of hydrazine groups is 1. The minimum atomic E-state index is -0.439. The average Bonchev–Trinajstić information content (AvgIpc) is 3.65. The van der Waals surface area contributed by atoms with E-state index in [9.17, 15) is 14.0 Å². The summed E-state index contributed by atoms with van der Waals surface area (Å²) in [5.41, 5.74) is 6.10. The van der Waals surface area contributed by atoms with Crippen LogP contribution in [0.5, 0.6) is 5.75 Å². The Morgan fingerprint density at radius 2 is 1.77 bits per heavy atom. The van der Waals surface area contributed by atoms with Gasteiger partial charge < -0.3 is 4.74 Å². The first-order valence-electron chi connectivity index (χ1n) is 12.0. The predicted octanol–water partition coefficient (Wildman–Crippen LogP) is 6.76. The summed E-state index contributed by atoms with van der Waals surface area (Å²) in [6, 6.07) is 17.8. The summed E-state index contributed by atoms with van der Waals surface area (Å²) in [4.78, 5) is 37.2. The van der Waals surface area contributed by atoms with Crippen molar-refractivity contribution in [2.75, 3.05) is 5.43 Å². The van der Waals surface area contributed by atoms with Gasteiger partial charge in [-0.1, -0.05) is 18.2 Å². The highest BCUT2D eigenvalue weighted by atomic mass is 32.1. The Bertz CT molecular complexity index is 1740. The van der Waals surface area contributed by atoms with Gasteiger partial charge in [0.1, 0.15) is 23.0 Å². The van der Waals surface area contributed by atoms with Crippen LogP contribution in [0, 0.1) is 12.7 Å². The van der Waals surface area contributed by atoms with Crippen LogP contribution in [-0.4, -0.2) is 26.8 Å². The zero-order valence-electron chi connectivity index (χ0n) is 20.9. The van der Waals surface area contributed by atoms with Crippen LogP contribution in [0.15, 0.2) is 77.7 Å². The van der Waals surface area contributed by atoms with E-state index in [2.05, 4.69) is 5.43 Å². The molecule has 1 N–H and O–H groups in total. The van der Waals surface area contributed by atoms with Gasteiger partial charge in [0.15, 0.2) is 11.6 Å². The molecule has 2 aromatic carbocycles. The molecule has 0 saturated heterocycles. The van der Waals surface area contributed by atoms with Crippen molar-refractivity contribution < 1.29 is 18.7 Å². The molecule has 194 valence electrons. The SMILES string of the molecule is CC1=CC(=O)N(Nc2nc(-c3cccs3)nc3sc(-c4ccc(OCc5ccc(F)cc5)cc4)c(C)c23)C1=O. The van der Waals surface area contributed by atoms with Crippen LogP contribution in [0.4, 0.5) is 10.2 Å². The number of imide groups is 1. The van der Waals surface area contributed by atoms with Crippen molar-refractivity contribution in [3.8, 4) is 26.9 Å². The molecule has 0 aliphatic carbocycles. The Balaban J connectivity index is 1.34.